The Labute approximate surface area is 153 Å². The number of rotatable bonds is 6. The second kappa shape index (κ2) is 8.18. The van der Waals surface area contributed by atoms with Crippen molar-refractivity contribution in [2.45, 2.75) is 6.18 Å². The summed E-state index contributed by atoms with van der Waals surface area (Å²) in [6.07, 6.45) is -3.10. The van der Waals surface area contributed by atoms with E-state index in [1.165, 1.54) is 27.5 Å². The molecule has 1 N–H and O–H groups in total. The van der Waals surface area contributed by atoms with Crippen LogP contribution in [0.1, 0.15) is 11.1 Å². The van der Waals surface area contributed by atoms with E-state index in [1.54, 1.807) is 12.1 Å². The lowest BCUT2D eigenvalue weighted by atomic mass is 10.2. The molecule has 0 aromatic heterocycles. The topological polar surface area (TPSA) is 52.1 Å². The molecule has 0 amide bonds. The fourth-order valence-electron chi connectivity index (χ4n) is 2.11. The van der Waals surface area contributed by atoms with Crippen molar-refractivity contribution in [1.82, 2.24) is 0 Å². The molecule has 0 spiro atoms. The van der Waals surface area contributed by atoms with E-state index in [0.717, 1.165) is 18.2 Å². The van der Waals surface area contributed by atoms with Crippen molar-refractivity contribution < 1.29 is 27.4 Å². The summed E-state index contributed by atoms with van der Waals surface area (Å²) < 4.78 is 54.0. The lowest BCUT2D eigenvalue weighted by Gasteiger charge is -2.12. The Hall–Kier alpha value is -2.61. The first-order valence-corrected chi connectivity index (χ1v) is 7.63. The van der Waals surface area contributed by atoms with Crippen molar-refractivity contribution in [1.29, 1.82) is 0 Å². The zero-order valence-electron chi connectivity index (χ0n) is 14.1. The zero-order chi connectivity index (χ0) is 19.3. The van der Waals surface area contributed by atoms with Crippen LogP contribution < -0.4 is 19.6 Å². The lowest BCUT2D eigenvalue weighted by molar-refractivity contribution is -0.137. The summed E-state index contributed by atoms with van der Waals surface area (Å²) in [5.74, 6) is 1.37. The molecule has 0 aliphatic heterocycles. The van der Waals surface area contributed by atoms with Gasteiger partial charge in [-0.2, -0.15) is 18.3 Å². The Balaban J connectivity index is 2.28. The van der Waals surface area contributed by atoms with Crippen molar-refractivity contribution in [3.8, 4) is 17.2 Å². The molecule has 0 radical (unpaired) electrons. The number of nitrogens with one attached hydrogen (secondary N) is 1. The average Bonchev–Trinajstić information content (AvgIpc) is 2.61. The molecule has 2 aromatic rings. The van der Waals surface area contributed by atoms with E-state index < -0.39 is 11.7 Å². The lowest BCUT2D eigenvalue weighted by Crippen LogP contribution is -2.05. The predicted molar refractivity (Wildman–Crippen MR) is 93.8 cm³/mol. The van der Waals surface area contributed by atoms with Gasteiger partial charge in [0.25, 0.3) is 0 Å². The van der Waals surface area contributed by atoms with Crippen LogP contribution in [0.15, 0.2) is 35.4 Å². The summed E-state index contributed by atoms with van der Waals surface area (Å²) in [5, 5.41) is 4.04. The highest BCUT2D eigenvalue weighted by molar-refractivity contribution is 6.33. The number of nitrogens with zero attached hydrogens (tertiary/aromatic N) is 1. The molecular formula is C17H16ClF3N2O3. The van der Waals surface area contributed by atoms with E-state index in [9.17, 15) is 13.2 Å². The van der Waals surface area contributed by atoms with Gasteiger partial charge >= 0.3 is 6.18 Å². The fraction of sp³-hybridized carbons (Fsp3) is 0.235. The minimum Gasteiger partial charge on any atom is -0.496 e. The predicted octanol–water partition coefficient (Wildman–Crippen LogP) is 4.83. The summed E-state index contributed by atoms with van der Waals surface area (Å²) in [4.78, 5) is 0. The van der Waals surface area contributed by atoms with Gasteiger partial charge < -0.3 is 14.2 Å². The van der Waals surface area contributed by atoms with Gasteiger partial charge in [0.1, 0.15) is 5.75 Å². The van der Waals surface area contributed by atoms with E-state index in [-0.39, 0.29) is 10.7 Å². The number of hydrogen-bond donors (Lipinski definition) is 1. The minimum absolute atomic E-state index is 0.0252. The number of methoxy groups -OCH3 is 3. The third-order valence-corrected chi connectivity index (χ3v) is 3.75. The van der Waals surface area contributed by atoms with Crippen LogP contribution in [0, 0.1) is 0 Å². The van der Waals surface area contributed by atoms with Gasteiger partial charge in [-0.3, -0.25) is 5.43 Å². The van der Waals surface area contributed by atoms with Crippen LogP contribution in [0.3, 0.4) is 0 Å². The molecule has 0 fully saturated rings. The standard InChI is InChI=1S/C17H16ClF3N2O3/c1-24-14-8-16(26-3)15(25-2)6-10(14)9-22-23-13-7-11(17(19,20)21)4-5-12(13)18/h4-9,23H,1-3H3/b22-9+. The normalized spacial score (nSPS) is 11.5. The average molecular weight is 389 g/mol. The Morgan fingerprint density at radius 1 is 0.962 bits per heavy atom. The quantitative estimate of drug-likeness (QED) is 0.569. The van der Waals surface area contributed by atoms with Crippen molar-refractivity contribution in [3.05, 3.63) is 46.5 Å². The molecule has 0 bridgehead atoms. The van der Waals surface area contributed by atoms with Crippen LogP contribution in [-0.4, -0.2) is 27.5 Å². The van der Waals surface area contributed by atoms with E-state index in [0.29, 0.717) is 22.8 Å². The van der Waals surface area contributed by atoms with Crippen molar-refractivity contribution in [2.24, 2.45) is 5.10 Å². The van der Waals surface area contributed by atoms with E-state index in [1.807, 2.05) is 0 Å². The molecule has 0 saturated heterocycles. The van der Waals surface area contributed by atoms with Crippen LogP contribution in [0.2, 0.25) is 5.02 Å². The maximum absolute atomic E-state index is 12.8. The Morgan fingerprint density at radius 3 is 2.15 bits per heavy atom. The second-order valence-corrected chi connectivity index (χ2v) is 5.42. The molecule has 0 heterocycles. The van der Waals surface area contributed by atoms with E-state index in [2.05, 4.69) is 10.5 Å². The van der Waals surface area contributed by atoms with Gasteiger partial charge in [0.15, 0.2) is 11.5 Å². The number of hydrogen-bond acceptors (Lipinski definition) is 5. The van der Waals surface area contributed by atoms with Crippen LogP contribution in [0.25, 0.3) is 0 Å². The Morgan fingerprint density at radius 2 is 1.58 bits per heavy atom. The zero-order valence-corrected chi connectivity index (χ0v) is 14.9. The summed E-state index contributed by atoms with van der Waals surface area (Å²) in [7, 11) is 4.43. The van der Waals surface area contributed by atoms with E-state index >= 15 is 0 Å². The number of ether oxygens (including phenoxy) is 3. The summed E-state index contributed by atoms with van der Waals surface area (Å²) >= 11 is 5.91. The highest BCUT2D eigenvalue weighted by Gasteiger charge is 2.30. The number of hydrazone groups is 1. The molecule has 0 aliphatic carbocycles. The summed E-state index contributed by atoms with van der Waals surface area (Å²) in [6.45, 7) is 0. The van der Waals surface area contributed by atoms with Crippen LogP contribution in [-0.2, 0) is 6.18 Å². The number of anilines is 1. The minimum atomic E-state index is -4.47. The van der Waals surface area contributed by atoms with Crippen LogP contribution in [0.4, 0.5) is 18.9 Å². The maximum Gasteiger partial charge on any atom is 0.416 e. The molecule has 2 rings (SSSR count). The molecule has 0 aliphatic rings. The highest BCUT2D eigenvalue weighted by Crippen LogP contribution is 2.35. The molecule has 140 valence electrons. The van der Waals surface area contributed by atoms with E-state index in [4.69, 9.17) is 25.8 Å². The van der Waals surface area contributed by atoms with Gasteiger partial charge in [-0.05, 0) is 24.3 Å². The van der Waals surface area contributed by atoms with Gasteiger partial charge in [-0.1, -0.05) is 11.6 Å². The second-order valence-electron chi connectivity index (χ2n) is 5.01. The Kier molecular flexibility index (Phi) is 6.20. The number of benzene rings is 2. The molecule has 0 unspecified atom stereocenters. The van der Waals surface area contributed by atoms with Crippen molar-refractivity contribution >= 4 is 23.5 Å². The first kappa shape index (κ1) is 19.7. The summed E-state index contributed by atoms with van der Waals surface area (Å²) in [6, 6.07) is 6.16. The van der Waals surface area contributed by atoms with Gasteiger partial charge in [-0.25, -0.2) is 0 Å². The van der Waals surface area contributed by atoms with Crippen molar-refractivity contribution in [2.75, 3.05) is 26.8 Å². The molecule has 2 aromatic carbocycles. The van der Waals surface area contributed by atoms with Gasteiger partial charge in [0.2, 0.25) is 0 Å². The fourth-order valence-corrected chi connectivity index (χ4v) is 2.27. The van der Waals surface area contributed by atoms with Crippen molar-refractivity contribution in [3.63, 3.8) is 0 Å². The monoisotopic (exact) mass is 388 g/mol. The number of alkyl halides is 3. The molecule has 9 heteroatoms. The third-order valence-electron chi connectivity index (χ3n) is 3.42. The molecule has 0 atom stereocenters. The van der Waals surface area contributed by atoms with Crippen LogP contribution >= 0.6 is 11.6 Å². The van der Waals surface area contributed by atoms with Gasteiger partial charge in [-0.15, -0.1) is 0 Å². The first-order chi connectivity index (χ1) is 12.3. The Bertz CT molecular complexity index is 811. The molecular weight excluding hydrogens is 373 g/mol. The highest BCUT2D eigenvalue weighted by atomic mass is 35.5. The third kappa shape index (κ3) is 4.51. The largest absolute Gasteiger partial charge is 0.496 e. The summed E-state index contributed by atoms with van der Waals surface area (Å²) in [5.41, 5.74) is 2.22. The SMILES string of the molecule is COc1cc(OC)c(OC)cc1/C=N/Nc1cc(C(F)(F)F)ccc1Cl. The molecule has 5 nitrogen and oxygen atoms in total. The molecule has 26 heavy (non-hydrogen) atoms. The first-order valence-electron chi connectivity index (χ1n) is 7.26. The number of halogens is 4. The van der Waals surface area contributed by atoms with Crippen LogP contribution in [0.5, 0.6) is 17.2 Å². The molecule has 0 saturated carbocycles. The van der Waals surface area contributed by atoms with Gasteiger partial charge in [0.05, 0.1) is 43.8 Å². The maximum atomic E-state index is 12.8. The smallest absolute Gasteiger partial charge is 0.416 e. The van der Waals surface area contributed by atoms with Gasteiger partial charge in [0, 0.05) is 11.6 Å².